The standard InChI is InChI=1S/C20H31ClO3/c1-16(13-22)6-3-7-17(2)14(16)4-8-18-10-19(23,9-5-15(17)18)20(24,11-18)12-21/h13-15,23-24H,3-12H2,1-2H3/t14-,15+,16-,17+,18-,19-,20+/m0/s1. The molecular weight excluding hydrogens is 324 g/mol. The lowest BCUT2D eigenvalue weighted by Gasteiger charge is -2.63. The molecule has 0 heterocycles. The highest BCUT2D eigenvalue weighted by Gasteiger charge is 2.71. The van der Waals surface area contributed by atoms with E-state index in [1.54, 1.807) is 0 Å². The molecule has 136 valence electrons. The Kier molecular flexibility index (Phi) is 3.59. The van der Waals surface area contributed by atoms with Crippen molar-refractivity contribution in [1.29, 1.82) is 0 Å². The predicted molar refractivity (Wildman–Crippen MR) is 93.9 cm³/mol. The van der Waals surface area contributed by atoms with E-state index in [9.17, 15) is 15.0 Å². The van der Waals surface area contributed by atoms with Gasteiger partial charge in [-0.05, 0) is 74.0 Å². The van der Waals surface area contributed by atoms with Crippen LogP contribution in [-0.4, -0.2) is 33.6 Å². The lowest BCUT2D eigenvalue weighted by molar-refractivity contribution is -0.171. The van der Waals surface area contributed by atoms with Crippen molar-refractivity contribution >= 4 is 17.9 Å². The number of alkyl halides is 1. The van der Waals surface area contributed by atoms with Gasteiger partial charge in [0.15, 0.2) is 0 Å². The van der Waals surface area contributed by atoms with Gasteiger partial charge in [-0.15, -0.1) is 11.6 Å². The molecule has 0 aromatic carbocycles. The third kappa shape index (κ3) is 1.90. The minimum atomic E-state index is -1.14. The van der Waals surface area contributed by atoms with Crippen LogP contribution in [0.15, 0.2) is 0 Å². The lowest BCUT2D eigenvalue weighted by atomic mass is 9.41. The fraction of sp³-hybridized carbons (Fsp3) is 0.950. The number of rotatable bonds is 2. The van der Waals surface area contributed by atoms with Gasteiger partial charge in [0.05, 0.1) is 11.5 Å². The van der Waals surface area contributed by atoms with Crippen LogP contribution in [0.2, 0.25) is 0 Å². The second kappa shape index (κ2) is 4.98. The van der Waals surface area contributed by atoms with Crippen LogP contribution in [0, 0.1) is 28.1 Å². The number of hydrogen-bond donors (Lipinski definition) is 2. The first-order valence-corrected chi connectivity index (χ1v) is 10.2. The quantitative estimate of drug-likeness (QED) is 0.587. The monoisotopic (exact) mass is 354 g/mol. The Balaban J connectivity index is 1.75. The molecule has 2 bridgehead atoms. The van der Waals surface area contributed by atoms with Crippen LogP contribution in [0.25, 0.3) is 0 Å². The number of carbonyl (C=O) groups excluding carboxylic acids is 1. The van der Waals surface area contributed by atoms with Gasteiger partial charge in [-0.25, -0.2) is 0 Å². The molecule has 0 unspecified atom stereocenters. The fourth-order valence-electron chi connectivity index (χ4n) is 7.97. The van der Waals surface area contributed by atoms with Crippen LogP contribution < -0.4 is 0 Å². The van der Waals surface area contributed by atoms with Crippen LogP contribution in [0.3, 0.4) is 0 Å². The van der Waals surface area contributed by atoms with E-state index in [4.69, 9.17) is 11.6 Å². The summed E-state index contributed by atoms with van der Waals surface area (Å²) in [6.45, 7) is 4.55. The summed E-state index contributed by atoms with van der Waals surface area (Å²) in [5.74, 6) is 1.04. The van der Waals surface area contributed by atoms with Crippen LogP contribution in [0.1, 0.15) is 71.6 Å². The van der Waals surface area contributed by atoms with Gasteiger partial charge >= 0.3 is 0 Å². The van der Waals surface area contributed by atoms with Crippen molar-refractivity contribution in [3.8, 4) is 0 Å². The fourth-order valence-corrected chi connectivity index (χ4v) is 8.31. The maximum Gasteiger partial charge on any atom is 0.126 e. The Bertz CT molecular complexity index is 565. The number of aliphatic hydroxyl groups is 2. The summed E-state index contributed by atoms with van der Waals surface area (Å²) in [6.07, 6.45) is 9.48. The van der Waals surface area contributed by atoms with Gasteiger partial charge in [0.25, 0.3) is 0 Å². The van der Waals surface area contributed by atoms with E-state index in [2.05, 4.69) is 13.8 Å². The van der Waals surface area contributed by atoms with Crippen LogP contribution in [-0.2, 0) is 4.79 Å². The number of carbonyl (C=O) groups is 1. The molecule has 24 heavy (non-hydrogen) atoms. The van der Waals surface area contributed by atoms with E-state index >= 15 is 0 Å². The molecule has 0 amide bonds. The molecule has 4 fully saturated rings. The highest BCUT2D eigenvalue weighted by molar-refractivity contribution is 6.18. The first kappa shape index (κ1) is 17.3. The summed E-state index contributed by atoms with van der Waals surface area (Å²) in [6, 6.07) is 0. The van der Waals surface area contributed by atoms with Crippen LogP contribution in [0.5, 0.6) is 0 Å². The maximum atomic E-state index is 11.9. The van der Waals surface area contributed by atoms with E-state index < -0.39 is 11.2 Å². The largest absolute Gasteiger partial charge is 0.387 e. The third-order valence-electron chi connectivity index (χ3n) is 8.98. The molecule has 1 spiro atoms. The normalized spacial score (nSPS) is 59.5. The van der Waals surface area contributed by atoms with E-state index in [1.165, 1.54) is 12.7 Å². The van der Waals surface area contributed by atoms with Crippen molar-refractivity contribution in [3.05, 3.63) is 0 Å². The molecule has 0 saturated heterocycles. The molecule has 4 saturated carbocycles. The van der Waals surface area contributed by atoms with E-state index in [0.717, 1.165) is 32.1 Å². The molecule has 0 aromatic heterocycles. The summed E-state index contributed by atoms with van der Waals surface area (Å²) < 4.78 is 0. The zero-order chi connectivity index (χ0) is 17.4. The van der Waals surface area contributed by atoms with Crippen molar-refractivity contribution in [3.63, 3.8) is 0 Å². The molecule has 3 nitrogen and oxygen atoms in total. The first-order chi connectivity index (χ1) is 11.2. The molecule has 0 aliphatic heterocycles. The van der Waals surface area contributed by atoms with Gasteiger partial charge in [-0.3, -0.25) is 0 Å². The van der Waals surface area contributed by atoms with Crippen molar-refractivity contribution in [2.45, 2.75) is 82.8 Å². The van der Waals surface area contributed by atoms with Crippen molar-refractivity contribution in [2.24, 2.45) is 28.1 Å². The second-order valence-electron chi connectivity index (χ2n) is 10.1. The van der Waals surface area contributed by atoms with E-state index in [1.807, 2.05) is 0 Å². The minimum Gasteiger partial charge on any atom is -0.387 e. The summed E-state index contributed by atoms with van der Waals surface area (Å²) >= 11 is 6.12. The topological polar surface area (TPSA) is 57.5 Å². The Hall–Kier alpha value is -0.120. The Labute approximate surface area is 150 Å². The third-order valence-corrected chi connectivity index (χ3v) is 9.42. The van der Waals surface area contributed by atoms with E-state index in [0.29, 0.717) is 31.1 Å². The number of fused-ring (bicyclic) bond motifs is 3. The maximum absolute atomic E-state index is 11.9. The molecular formula is C20H31ClO3. The van der Waals surface area contributed by atoms with Crippen molar-refractivity contribution in [2.75, 3.05) is 5.88 Å². The van der Waals surface area contributed by atoms with E-state index in [-0.39, 0.29) is 22.1 Å². The molecule has 0 aromatic rings. The number of halogens is 1. The number of hydrogen-bond acceptors (Lipinski definition) is 3. The Morgan fingerprint density at radius 2 is 1.75 bits per heavy atom. The molecule has 7 atom stereocenters. The molecule has 4 aliphatic rings. The molecule has 4 aliphatic carbocycles. The summed E-state index contributed by atoms with van der Waals surface area (Å²) in [7, 11) is 0. The van der Waals surface area contributed by atoms with Crippen molar-refractivity contribution in [1.82, 2.24) is 0 Å². The van der Waals surface area contributed by atoms with Crippen LogP contribution in [0.4, 0.5) is 0 Å². The minimum absolute atomic E-state index is 0.00300. The molecule has 4 rings (SSSR count). The van der Waals surface area contributed by atoms with Crippen molar-refractivity contribution < 1.29 is 15.0 Å². The smallest absolute Gasteiger partial charge is 0.126 e. The SMILES string of the molecule is C[C@@]12CCC[C@@](C)(C=O)[C@@H]1CC[C@]13C[C@@](O)(CCl)[C@](O)(CC[C@@H]12)C3. The molecule has 2 N–H and O–H groups in total. The first-order valence-electron chi connectivity index (χ1n) is 9.64. The lowest BCUT2D eigenvalue weighted by Crippen LogP contribution is -2.58. The second-order valence-corrected chi connectivity index (χ2v) is 10.3. The zero-order valence-electron chi connectivity index (χ0n) is 15.0. The Morgan fingerprint density at radius 3 is 2.42 bits per heavy atom. The highest BCUT2D eigenvalue weighted by Crippen LogP contribution is 2.73. The highest BCUT2D eigenvalue weighted by atomic mass is 35.5. The predicted octanol–water partition coefficient (Wildman–Crippen LogP) is 3.68. The zero-order valence-corrected chi connectivity index (χ0v) is 15.7. The van der Waals surface area contributed by atoms with Crippen LogP contribution >= 0.6 is 11.6 Å². The average Bonchev–Trinajstić information content (AvgIpc) is 2.69. The Morgan fingerprint density at radius 1 is 1.04 bits per heavy atom. The van der Waals surface area contributed by atoms with Gasteiger partial charge in [0, 0.05) is 5.41 Å². The summed E-state index contributed by atoms with van der Waals surface area (Å²) in [5.41, 5.74) is -2.22. The summed E-state index contributed by atoms with van der Waals surface area (Å²) in [5, 5.41) is 22.2. The van der Waals surface area contributed by atoms with Gasteiger partial charge in [0.2, 0.25) is 0 Å². The molecule has 4 heteroatoms. The van der Waals surface area contributed by atoms with Gasteiger partial charge in [-0.2, -0.15) is 0 Å². The number of aldehydes is 1. The van der Waals surface area contributed by atoms with Gasteiger partial charge in [-0.1, -0.05) is 20.3 Å². The van der Waals surface area contributed by atoms with Gasteiger partial charge in [0.1, 0.15) is 11.9 Å². The average molecular weight is 355 g/mol. The van der Waals surface area contributed by atoms with Gasteiger partial charge < -0.3 is 15.0 Å². The molecule has 0 radical (unpaired) electrons. The summed E-state index contributed by atoms with van der Waals surface area (Å²) in [4.78, 5) is 11.9.